The first-order chi connectivity index (χ1) is 29.5. The maximum absolute atomic E-state index is 12.5. The van der Waals surface area contributed by atoms with Gasteiger partial charge in [0.05, 0.1) is 18.8 Å². The second kappa shape index (κ2) is 48.8. The molecule has 356 valence electrons. The highest BCUT2D eigenvalue weighted by atomic mass is 16.3. The molecular formula is C54H105NO5. The molecule has 0 aromatic rings. The van der Waals surface area contributed by atoms with Crippen LogP contribution in [0.25, 0.3) is 0 Å². The molecule has 6 nitrogen and oxygen atoms in total. The summed E-state index contributed by atoms with van der Waals surface area (Å²) >= 11 is 0. The quantitative estimate of drug-likeness (QED) is 0.0309. The van der Waals surface area contributed by atoms with Crippen LogP contribution in [0.2, 0.25) is 0 Å². The van der Waals surface area contributed by atoms with E-state index in [0.29, 0.717) is 12.8 Å². The number of nitrogens with one attached hydrogen (secondary N) is 1. The number of amides is 1. The highest BCUT2D eigenvalue weighted by Crippen LogP contribution is 2.17. The SMILES string of the molecule is CCCCCCC/C=C/CCCC(O)C(O)C(CO)NC(=O)C(O)CCCCCCCCCCCCCCCCCC/C=C\CCCCCCCCCCCCCCCC. The molecule has 5 N–H and O–H groups in total. The smallest absolute Gasteiger partial charge is 0.249 e. The standard InChI is InChI=1S/C54H105NO5/c1-3-5-7-9-11-13-15-16-17-18-19-20-21-22-23-24-25-26-27-28-29-30-31-32-33-34-35-36-37-38-40-42-44-46-48-52(58)54(60)55-50(49-56)53(59)51(57)47-45-43-41-39-14-12-10-8-6-4-2/h24-25,39,41,50-53,56-59H,3-23,26-38,40,42-49H2,1-2H3,(H,55,60)/b25-24-,41-39+. The van der Waals surface area contributed by atoms with Gasteiger partial charge in [-0.15, -0.1) is 0 Å². The normalized spacial score (nSPS) is 14.0. The summed E-state index contributed by atoms with van der Waals surface area (Å²) in [6, 6.07) is -0.998. The van der Waals surface area contributed by atoms with Crippen molar-refractivity contribution < 1.29 is 25.2 Å². The Labute approximate surface area is 374 Å². The van der Waals surface area contributed by atoms with E-state index >= 15 is 0 Å². The molecule has 0 bridgehead atoms. The van der Waals surface area contributed by atoms with Crippen molar-refractivity contribution in [1.29, 1.82) is 0 Å². The first-order valence-corrected chi connectivity index (χ1v) is 26.7. The van der Waals surface area contributed by atoms with Gasteiger partial charge in [0.1, 0.15) is 12.2 Å². The van der Waals surface area contributed by atoms with Gasteiger partial charge in [-0.2, -0.15) is 0 Å². The number of aliphatic hydroxyl groups is 4. The summed E-state index contributed by atoms with van der Waals surface area (Å²) in [5, 5.41) is 43.6. The summed E-state index contributed by atoms with van der Waals surface area (Å²) in [5.74, 6) is -0.592. The highest BCUT2D eigenvalue weighted by Gasteiger charge is 2.28. The average molecular weight is 848 g/mol. The van der Waals surface area contributed by atoms with E-state index in [1.165, 1.54) is 218 Å². The van der Waals surface area contributed by atoms with Crippen LogP contribution in [-0.4, -0.2) is 57.3 Å². The Morgan fingerprint density at radius 3 is 1.00 bits per heavy atom. The fourth-order valence-corrected chi connectivity index (χ4v) is 8.40. The monoisotopic (exact) mass is 848 g/mol. The predicted octanol–water partition coefficient (Wildman–Crippen LogP) is 15.1. The Morgan fingerprint density at radius 1 is 0.400 bits per heavy atom. The van der Waals surface area contributed by atoms with Gasteiger partial charge in [-0.1, -0.05) is 244 Å². The zero-order valence-corrected chi connectivity index (χ0v) is 40.2. The maximum Gasteiger partial charge on any atom is 0.249 e. The maximum atomic E-state index is 12.5. The molecule has 4 unspecified atom stereocenters. The second-order valence-corrected chi connectivity index (χ2v) is 18.6. The lowest BCUT2D eigenvalue weighted by Gasteiger charge is -2.27. The van der Waals surface area contributed by atoms with E-state index in [-0.39, 0.29) is 0 Å². The van der Waals surface area contributed by atoms with Gasteiger partial charge in [0.15, 0.2) is 0 Å². The van der Waals surface area contributed by atoms with Crippen LogP contribution in [0.15, 0.2) is 24.3 Å². The van der Waals surface area contributed by atoms with Crippen molar-refractivity contribution in [3.8, 4) is 0 Å². The molecule has 1 amide bonds. The van der Waals surface area contributed by atoms with Crippen LogP contribution in [-0.2, 0) is 4.79 Å². The molecule has 0 heterocycles. The Bertz CT molecular complexity index is 909. The van der Waals surface area contributed by atoms with Crippen LogP contribution in [0.5, 0.6) is 0 Å². The number of aliphatic hydroxyl groups excluding tert-OH is 4. The number of allylic oxidation sites excluding steroid dienone is 4. The largest absolute Gasteiger partial charge is 0.394 e. The summed E-state index contributed by atoms with van der Waals surface area (Å²) in [5.41, 5.74) is 0. The van der Waals surface area contributed by atoms with Gasteiger partial charge >= 0.3 is 0 Å². The molecule has 0 aliphatic rings. The molecule has 0 saturated heterocycles. The van der Waals surface area contributed by atoms with Gasteiger partial charge in [-0.3, -0.25) is 4.79 Å². The highest BCUT2D eigenvalue weighted by molar-refractivity contribution is 5.80. The Balaban J connectivity index is 3.52. The van der Waals surface area contributed by atoms with Crippen LogP contribution >= 0.6 is 0 Å². The third-order valence-corrected chi connectivity index (χ3v) is 12.6. The average Bonchev–Trinajstić information content (AvgIpc) is 3.25. The number of hydrogen-bond donors (Lipinski definition) is 5. The molecule has 0 fully saturated rings. The molecule has 0 saturated carbocycles. The van der Waals surface area contributed by atoms with E-state index in [9.17, 15) is 25.2 Å². The lowest BCUT2D eigenvalue weighted by atomic mass is 10.00. The summed E-state index contributed by atoms with van der Waals surface area (Å²) in [7, 11) is 0. The summed E-state index contributed by atoms with van der Waals surface area (Å²) in [6.45, 7) is 4.02. The van der Waals surface area contributed by atoms with Crippen molar-refractivity contribution in [3.63, 3.8) is 0 Å². The van der Waals surface area contributed by atoms with Gasteiger partial charge in [0.2, 0.25) is 5.91 Å². The van der Waals surface area contributed by atoms with E-state index in [4.69, 9.17) is 0 Å². The molecule has 0 rings (SSSR count). The Kier molecular flexibility index (Phi) is 47.8. The first kappa shape index (κ1) is 58.8. The topological polar surface area (TPSA) is 110 Å². The fraction of sp³-hybridized carbons (Fsp3) is 0.907. The van der Waals surface area contributed by atoms with Crippen LogP contribution < -0.4 is 5.32 Å². The molecule has 0 aromatic heterocycles. The molecule has 0 aromatic carbocycles. The zero-order chi connectivity index (χ0) is 43.8. The van der Waals surface area contributed by atoms with Gasteiger partial charge < -0.3 is 25.7 Å². The summed E-state index contributed by atoms with van der Waals surface area (Å²) in [4.78, 5) is 12.5. The van der Waals surface area contributed by atoms with E-state index in [0.717, 1.165) is 38.5 Å². The third-order valence-electron chi connectivity index (χ3n) is 12.6. The fourth-order valence-electron chi connectivity index (χ4n) is 8.40. The summed E-state index contributed by atoms with van der Waals surface area (Å²) < 4.78 is 0. The van der Waals surface area contributed by atoms with Gasteiger partial charge in [-0.25, -0.2) is 0 Å². The number of carbonyl (C=O) groups excluding carboxylic acids is 1. The Morgan fingerprint density at radius 2 is 0.683 bits per heavy atom. The van der Waals surface area contributed by atoms with Crippen molar-refractivity contribution >= 4 is 5.91 Å². The van der Waals surface area contributed by atoms with Crippen LogP contribution in [0.3, 0.4) is 0 Å². The molecule has 4 atom stereocenters. The van der Waals surface area contributed by atoms with Crippen molar-refractivity contribution in [1.82, 2.24) is 5.32 Å². The third kappa shape index (κ3) is 42.1. The predicted molar refractivity (Wildman–Crippen MR) is 261 cm³/mol. The van der Waals surface area contributed by atoms with E-state index in [2.05, 4.69) is 43.5 Å². The van der Waals surface area contributed by atoms with Gasteiger partial charge in [-0.05, 0) is 64.2 Å². The molecule has 6 heteroatoms. The number of carbonyl (C=O) groups is 1. The molecule has 0 spiro atoms. The van der Waals surface area contributed by atoms with Crippen molar-refractivity contribution in [3.05, 3.63) is 24.3 Å². The summed E-state index contributed by atoms with van der Waals surface area (Å²) in [6.07, 6.45) is 58.4. The number of hydrogen-bond acceptors (Lipinski definition) is 5. The molecular weight excluding hydrogens is 743 g/mol. The van der Waals surface area contributed by atoms with Crippen LogP contribution in [0, 0.1) is 0 Å². The minimum Gasteiger partial charge on any atom is -0.394 e. The van der Waals surface area contributed by atoms with Crippen molar-refractivity contribution in [2.45, 2.75) is 308 Å². The van der Waals surface area contributed by atoms with E-state index in [1.54, 1.807) is 0 Å². The number of rotatable bonds is 49. The Hall–Kier alpha value is -1.21. The molecule has 0 aliphatic heterocycles. The lowest BCUT2D eigenvalue weighted by Crippen LogP contribution is -2.53. The number of unbranched alkanes of at least 4 members (excludes halogenated alkanes) is 36. The van der Waals surface area contributed by atoms with Crippen molar-refractivity contribution in [2.24, 2.45) is 0 Å². The van der Waals surface area contributed by atoms with E-state index < -0.39 is 36.9 Å². The molecule has 0 aliphatic carbocycles. The second-order valence-electron chi connectivity index (χ2n) is 18.6. The lowest BCUT2D eigenvalue weighted by molar-refractivity contribution is -0.132. The minimum atomic E-state index is -1.28. The molecule has 0 radical (unpaired) electrons. The van der Waals surface area contributed by atoms with Gasteiger partial charge in [0.25, 0.3) is 0 Å². The zero-order valence-electron chi connectivity index (χ0n) is 40.2. The van der Waals surface area contributed by atoms with Crippen LogP contribution in [0.1, 0.15) is 284 Å². The first-order valence-electron chi connectivity index (χ1n) is 26.7. The van der Waals surface area contributed by atoms with E-state index in [1.807, 2.05) is 0 Å². The van der Waals surface area contributed by atoms with Crippen LogP contribution in [0.4, 0.5) is 0 Å². The minimum absolute atomic E-state index is 0.366. The molecule has 60 heavy (non-hydrogen) atoms. The van der Waals surface area contributed by atoms with Crippen molar-refractivity contribution in [2.75, 3.05) is 6.61 Å². The van der Waals surface area contributed by atoms with Gasteiger partial charge in [0, 0.05) is 0 Å².